The van der Waals surface area contributed by atoms with E-state index in [0.29, 0.717) is 0 Å². The second kappa shape index (κ2) is 12.3. The summed E-state index contributed by atoms with van der Waals surface area (Å²) >= 11 is 0. The van der Waals surface area contributed by atoms with E-state index < -0.39 is 86.8 Å². The average Bonchev–Trinajstić information content (AvgIpc) is 3.07. The van der Waals surface area contributed by atoms with Gasteiger partial charge in [0.05, 0.1) is 17.4 Å². The number of phosphoric acid groups is 1. The Morgan fingerprint density at radius 3 is 2.05 bits per heavy atom. The van der Waals surface area contributed by atoms with Crippen LogP contribution in [0, 0.1) is 23.2 Å². The molecule has 0 radical (unpaired) electrons. The Bertz CT molecular complexity index is 1010. The minimum Gasteiger partial charge on any atom is -0.437 e. The van der Waals surface area contributed by atoms with E-state index in [4.69, 9.17) is 34.2 Å². The molecule has 2 heterocycles. The molecule has 3 amide bonds. The Morgan fingerprint density at radius 2 is 1.62 bits per heavy atom. The molecule has 0 spiro atoms. The minimum absolute atomic E-state index is 0.110. The number of amides is 3. The lowest BCUT2D eigenvalue weighted by atomic mass is 9.94. The monoisotopic (exact) mass is 578 g/mol. The number of terminal acetylenes is 1. The average molecular weight is 579 g/mol. The van der Waals surface area contributed by atoms with Crippen molar-refractivity contribution in [3.63, 3.8) is 0 Å². The molecule has 2 fully saturated rings. The van der Waals surface area contributed by atoms with Gasteiger partial charge in [-0.25, -0.2) is 18.4 Å². The lowest BCUT2D eigenvalue weighted by Gasteiger charge is -2.36. The quantitative estimate of drug-likeness (QED) is 0.141. The summed E-state index contributed by atoms with van der Waals surface area (Å²) in [4.78, 5) is 48.7. The van der Waals surface area contributed by atoms with Gasteiger partial charge in [0.15, 0.2) is 11.8 Å². The van der Waals surface area contributed by atoms with Gasteiger partial charge in [-0.15, -0.1) is 6.42 Å². The zero-order valence-corrected chi connectivity index (χ0v) is 23.5. The number of aliphatic hydroxyl groups is 2. The SMILES string of the molecule is C#CC1(O)[C@@H](O)[C@@H](COP(=O)(OCOC(=O)C(C)(C)C)OCOC(=O)C(C)(C)C)O[C@H]1N1CCC(=O)NC1=O. The number of nitrogens with zero attached hydrogens (tertiary/aromatic N) is 1. The van der Waals surface area contributed by atoms with Crippen molar-refractivity contribution in [2.24, 2.45) is 10.8 Å². The van der Waals surface area contributed by atoms with E-state index in [1.54, 1.807) is 41.5 Å². The number of phosphoric ester groups is 1. The molecule has 0 aromatic heterocycles. The fourth-order valence-electron chi connectivity index (χ4n) is 3.17. The molecule has 0 aromatic rings. The van der Waals surface area contributed by atoms with E-state index in [0.717, 1.165) is 4.90 Å². The molecule has 2 rings (SSSR count). The van der Waals surface area contributed by atoms with E-state index >= 15 is 0 Å². The minimum atomic E-state index is -4.65. The summed E-state index contributed by atoms with van der Waals surface area (Å²) in [5.41, 5.74) is -4.24. The zero-order chi connectivity index (χ0) is 29.8. The Morgan fingerprint density at radius 1 is 1.10 bits per heavy atom. The first-order chi connectivity index (χ1) is 17.8. The summed E-state index contributed by atoms with van der Waals surface area (Å²) in [7, 11) is -4.65. The fourth-order valence-corrected chi connectivity index (χ4v) is 4.09. The first-order valence-corrected chi connectivity index (χ1v) is 13.3. The lowest BCUT2D eigenvalue weighted by molar-refractivity contribution is -0.164. The molecule has 15 nitrogen and oxygen atoms in total. The Balaban J connectivity index is 2.13. The highest BCUT2D eigenvalue weighted by atomic mass is 31.2. The van der Waals surface area contributed by atoms with Gasteiger partial charge in [-0.1, -0.05) is 5.92 Å². The summed E-state index contributed by atoms with van der Waals surface area (Å²) in [6, 6.07) is -0.905. The van der Waals surface area contributed by atoms with Crippen molar-refractivity contribution in [3.8, 4) is 12.3 Å². The van der Waals surface area contributed by atoms with Crippen molar-refractivity contribution in [3.05, 3.63) is 0 Å². The van der Waals surface area contributed by atoms with Gasteiger partial charge < -0.3 is 24.4 Å². The first-order valence-electron chi connectivity index (χ1n) is 11.9. The van der Waals surface area contributed by atoms with E-state index in [2.05, 4.69) is 0 Å². The standard InChI is InChI=1S/C23H35N2O13P/c1-8-23(31)16(27)14(38-17(23)25-10-9-15(26)24-20(25)30)11-35-39(32,36-12-33-18(28)21(2,3)4)37-13-34-19(29)22(5,6)7/h1,14,16-17,27,31H,9-13H2,2-7H3,(H,24,26,30)/t14-,16+,17-,23?/m1/s1. The van der Waals surface area contributed by atoms with Crippen LogP contribution in [-0.4, -0.2) is 89.8 Å². The number of imide groups is 1. The molecule has 3 N–H and O–H groups in total. The number of rotatable bonds is 10. The maximum Gasteiger partial charge on any atom is 0.480 e. The number of hydrogen-bond donors (Lipinski definition) is 3. The highest BCUT2D eigenvalue weighted by Gasteiger charge is 2.58. The molecule has 0 bridgehead atoms. The number of hydrogen-bond acceptors (Lipinski definition) is 13. The molecule has 2 aliphatic heterocycles. The van der Waals surface area contributed by atoms with Crippen LogP contribution in [0.5, 0.6) is 0 Å². The Kier molecular flexibility index (Phi) is 10.3. The molecular weight excluding hydrogens is 543 g/mol. The molecule has 220 valence electrons. The van der Waals surface area contributed by atoms with Gasteiger partial charge in [0, 0.05) is 13.0 Å². The predicted octanol–water partition coefficient (Wildman–Crippen LogP) is 0.630. The Hall–Kier alpha value is -2.57. The van der Waals surface area contributed by atoms with Crippen LogP contribution in [-0.2, 0) is 46.7 Å². The van der Waals surface area contributed by atoms with Gasteiger partial charge in [-0.2, -0.15) is 0 Å². The van der Waals surface area contributed by atoms with Crippen LogP contribution in [0.2, 0.25) is 0 Å². The number of carbonyl (C=O) groups excluding carboxylic acids is 4. The summed E-state index contributed by atoms with van der Waals surface area (Å²) in [6.45, 7) is 6.80. The molecular formula is C23H35N2O13P. The number of ether oxygens (including phenoxy) is 3. The maximum atomic E-state index is 13.2. The summed E-state index contributed by atoms with van der Waals surface area (Å²) < 4.78 is 43.9. The molecule has 2 aliphatic rings. The maximum absolute atomic E-state index is 13.2. The molecule has 39 heavy (non-hydrogen) atoms. The van der Waals surface area contributed by atoms with Crippen molar-refractivity contribution in [1.82, 2.24) is 10.2 Å². The largest absolute Gasteiger partial charge is 0.480 e. The van der Waals surface area contributed by atoms with Crippen LogP contribution in [0.25, 0.3) is 0 Å². The van der Waals surface area contributed by atoms with Crippen LogP contribution < -0.4 is 5.32 Å². The van der Waals surface area contributed by atoms with Crippen LogP contribution in [0.3, 0.4) is 0 Å². The highest BCUT2D eigenvalue weighted by molar-refractivity contribution is 7.48. The first kappa shape index (κ1) is 32.6. The number of nitrogens with one attached hydrogen (secondary N) is 1. The number of carbonyl (C=O) groups is 4. The van der Waals surface area contributed by atoms with Crippen molar-refractivity contribution in [2.45, 2.75) is 72.0 Å². The topological polar surface area (TPSA) is 196 Å². The molecule has 0 saturated carbocycles. The van der Waals surface area contributed by atoms with Crippen molar-refractivity contribution in [2.75, 3.05) is 26.7 Å². The van der Waals surface area contributed by atoms with Crippen LogP contribution >= 0.6 is 7.82 Å². The van der Waals surface area contributed by atoms with E-state index in [1.807, 2.05) is 11.2 Å². The van der Waals surface area contributed by atoms with Crippen LogP contribution in [0.15, 0.2) is 0 Å². The third kappa shape index (κ3) is 8.21. The number of aliphatic hydroxyl groups excluding tert-OH is 1. The van der Waals surface area contributed by atoms with Gasteiger partial charge in [0.25, 0.3) is 0 Å². The van der Waals surface area contributed by atoms with Gasteiger partial charge in [-0.05, 0) is 41.5 Å². The normalized spacial score (nSPS) is 26.1. The fraction of sp³-hybridized carbons (Fsp3) is 0.739. The summed E-state index contributed by atoms with van der Waals surface area (Å²) in [5.74, 6) is 0.0588. The van der Waals surface area contributed by atoms with Crippen molar-refractivity contribution < 1.29 is 61.7 Å². The van der Waals surface area contributed by atoms with Gasteiger partial charge in [0.1, 0.15) is 12.2 Å². The van der Waals surface area contributed by atoms with E-state index in [-0.39, 0.29) is 13.0 Å². The lowest BCUT2D eigenvalue weighted by Crippen LogP contribution is -2.61. The second-order valence-corrected chi connectivity index (χ2v) is 12.5. The van der Waals surface area contributed by atoms with Crippen LogP contribution in [0.4, 0.5) is 4.79 Å². The van der Waals surface area contributed by atoms with Gasteiger partial charge in [0.2, 0.25) is 19.5 Å². The number of urea groups is 1. The molecule has 16 heteroatoms. The molecule has 0 aliphatic carbocycles. The smallest absolute Gasteiger partial charge is 0.437 e. The van der Waals surface area contributed by atoms with Crippen molar-refractivity contribution >= 4 is 31.7 Å². The second-order valence-electron chi connectivity index (χ2n) is 10.8. The molecule has 2 saturated heterocycles. The third-order valence-electron chi connectivity index (χ3n) is 5.51. The van der Waals surface area contributed by atoms with Gasteiger partial charge >= 0.3 is 25.8 Å². The molecule has 1 unspecified atom stereocenters. The van der Waals surface area contributed by atoms with Crippen molar-refractivity contribution in [1.29, 1.82) is 0 Å². The summed E-state index contributed by atoms with van der Waals surface area (Å²) in [6.07, 6.45) is 0.384. The van der Waals surface area contributed by atoms with Crippen LogP contribution in [0.1, 0.15) is 48.0 Å². The zero-order valence-electron chi connectivity index (χ0n) is 22.6. The summed E-state index contributed by atoms with van der Waals surface area (Å²) in [5, 5.41) is 23.6. The number of esters is 2. The molecule has 4 atom stereocenters. The Labute approximate surface area is 226 Å². The van der Waals surface area contributed by atoms with E-state index in [1.165, 1.54) is 0 Å². The third-order valence-corrected chi connectivity index (χ3v) is 6.82. The highest BCUT2D eigenvalue weighted by Crippen LogP contribution is 2.50. The van der Waals surface area contributed by atoms with E-state index in [9.17, 15) is 34.0 Å². The molecule has 0 aromatic carbocycles. The van der Waals surface area contributed by atoms with Gasteiger partial charge in [-0.3, -0.25) is 29.1 Å². The predicted molar refractivity (Wildman–Crippen MR) is 130 cm³/mol.